The first-order valence-corrected chi connectivity index (χ1v) is 4.01. The molecule has 76 valence electrons. The summed E-state index contributed by atoms with van der Waals surface area (Å²) in [6, 6.07) is -0.391. The molecule has 1 amide bonds. The van der Waals surface area contributed by atoms with Gasteiger partial charge in [0.15, 0.2) is 0 Å². The standard InChI is InChI=1S/C8H16N2O3/c1-10(2)6(8(12)13-3)4-5-7(9)11/h6H,4-5H2,1-3H3,(H2,9,11)/t6-/m0/s1. The Bertz CT molecular complexity index is 192. The smallest absolute Gasteiger partial charge is 0.323 e. The van der Waals surface area contributed by atoms with Gasteiger partial charge in [-0.3, -0.25) is 14.5 Å². The third-order valence-corrected chi connectivity index (χ3v) is 1.76. The molecule has 0 aromatic rings. The average Bonchev–Trinajstić information content (AvgIpc) is 2.03. The second-order valence-corrected chi connectivity index (χ2v) is 3.01. The molecule has 1 atom stereocenters. The maximum absolute atomic E-state index is 11.1. The molecule has 0 fully saturated rings. The van der Waals surface area contributed by atoms with Gasteiger partial charge in [-0.1, -0.05) is 0 Å². The average molecular weight is 188 g/mol. The number of carbonyl (C=O) groups is 2. The van der Waals surface area contributed by atoms with E-state index in [1.54, 1.807) is 19.0 Å². The van der Waals surface area contributed by atoms with Crippen LogP contribution in [0.25, 0.3) is 0 Å². The summed E-state index contributed by atoms with van der Waals surface area (Å²) >= 11 is 0. The minimum atomic E-state index is -0.407. The highest BCUT2D eigenvalue weighted by Crippen LogP contribution is 2.04. The molecule has 13 heavy (non-hydrogen) atoms. The number of rotatable bonds is 5. The van der Waals surface area contributed by atoms with Gasteiger partial charge in [0.1, 0.15) is 6.04 Å². The quantitative estimate of drug-likeness (QED) is 0.582. The Morgan fingerprint density at radius 3 is 2.31 bits per heavy atom. The lowest BCUT2D eigenvalue weighted by molar-refractivity contribution is -0.146. The van der Waals surface area contributed by atoms with E-state index in [2.05, 4.69) is 4.74 Å². The van der Waals surface area contributed by atoms with Crippen molar-refractivity contribution >= 4 is 11.9 Å². The first-order valence-electron chi connectivity index (χ1n) is 4.01. The predicted molar refractivity (Wildman–Crippen MR) is 47.9 cm³/mol. The topological polar surface area (TPSA) is 72.6 Å². The summed E-state index contributed by atoms with van der Waals surface area (Å²) < 4.78 is 4.57. The van der Waals surface area contributed by atoms with Crippen LogP contribution in [0.5, 0.6) is 0 Å². The summed E-state index contributed by atoms with van der Waals surface area (Å²) in [5.74, 6) is -0.748. The molecular weight excluding hydrogens is 172 g/mol. The molecule has 0 heterocycles. The molecule has 0 saturated carbocycles. The van der Waals surface area contributed by atoms with Crippen molar-refractivity contribution in [3.8, 4) is 0 Å². The van der Waals surface area contributed by atoms with Crippen LogP contribution < -0.4 is 5.73 Å². The summed E-state index contributed by atoms with van der Waals surface area (Å²) in [4.78, 5) is 23.3. The third-order valence-electron chi connectivity index (χ3n) is 1.76. The lowest BCUT2D eigenvalue weighted by Gasteiger charge is -2.20. The first-order chi connectivity index (χ1) is 5.99. The molecule has 0 radical (unpaired) electrons. The number of nitrogens with zero attached hydrogens (tertiary/aromatic N) is 1. The summed E-state index contributed by atoms with van der Waals surface area (Å²) in [6.45, 7) is 0. The van der Waals surface area contributed by atoms with E-state index in [4.69, 9.17) is 5.73 Å². The molecule has 0 unspecified atom stereocenters. The number of hydrogen-bond donors (Lipinski definition) is 1. The van der Waals surface area contributed by atoms with Gasteiger partial charge in [0.25, 0.3) is 0 Å². The van der Waals surface area contributed by atoms with Gasteiger partial charge in [-0.15, -0.1) is 0 Å². The zero-order valence-corrected chi connectivity index (χ0v) is 8.24. The molecule has 0 rings (SSSR count). The fourth-order valence-corrected chi connectivity index (χ4v) is 1.00. The van der Waals surface area contributed by atoms with Crippen molar-refractivity contribution in [3.05, 3.63) is 0 Å². The molecular formula is C8H16N2O3. The zero-order valence-electron chi connectivity index (χ0n) is 8.24. The minimum absolute atomic E-state index is 0.192. The van der Waals surface area contributed by atoms with Crippen LogP contribution >= 0.6 is 0 Å². The van der Waals surface area contributed by atoms with Crippen molar-refractivity contribution in [2.24, 2.45) is 5.73 Å². The number of nitrogens with two attached hydrogens (primary N) is 1. The maximum atomic E-state index is 11.1. The van der Waals surface area contributed by atoms with Crippen molar-refractivity contribution in [1.82, 2.24) is 4.90 Å². The van der Waals surface area contributed by atoms with Gasteiger partial charge >= 0.3 is 5.97 Å². The molecule has 5 heteroatoms. The van der Waals surface area contributed by atoms with Crippen LogP contribution in [0.3, 0.4) is 0 Å². The van der Waals surface area contributed by atoms with Crippen molar-refractivity contribution in [3.63, 3.8) is 0 Å². The monoisotopic (exact) mass is 188 g/mol. The molecule has 0 aliphatic carbocycles. The van der Waals surface area contributed by atoms with Crippen LogP contribution in [0.1, 0.15) is 12.8 Å². The number of methoxy groups -OCH3 is 1. The highest BCUT2D eigenvalue weighted by atomic mass is 16.5. The summed E-state index contributed by atoms with van der Waals surface area (Å²) in [5.41, 5.74) is 4.97. The van der Waals surface area contributed by atoms with E-state index in [0.29, 0.717) is 6.42 Å². The lowest BCUT2D eigenvalue weighted by Crippen LogP contribution is -2.37. The van der Waals surface area contributed by atoms with Crippen LogP contribution in [0, 0.1) is 0 Å². The molecule has 0 spiro atoms. The largest absolute Gasteiger partial charge is 0.468 e. The molecule has 0 aliphatic rings. The number of hydrogen-bond acceptors (Lipinski definition) is 4. The summed E-state index contributed by atoms with van der Waals surface area (Å²) in [7, 11) is 4.83. The number of ether oxygens (including phenoxy) is 1. The van der Waals surface area contributed by atoms with Crippen LogP contribution in [-0.2, 0) is 14.3 Å². The van der Waals surface area contributed by atoms with Gasteiger partial charge in [0.05, 0.1) is 7.11 Å². The van der Waals surface area contributed by atoms with E-state index in [0.717, 1.165) is 0 Å². The normalized spacial score (nSPS) is 12.6. The van der Waals surface area contributed by atoms with E-state index >= 15 is 0 Å². The van der Waals surface area contributed by atoms with Crippen LogP contribution in [0.15, 0.2) is 0 Å². The molecule has 0 aromatic heterocycles. The predicted octanol–water partition coefficient (Wildman–Crippen LogP) is -0.645. The van der Waals surface area contributed by atoms with E-state index in [1.165, 1.54) is 7.11 Å². The van der Waals surface area contributed by atoms with Crippen molar-refractivity contribution < 1.29 is 14.3 Å². The van der Waals surface area contributed by atoms with E-state index < -0.39 is 11.9 Å². The summed E-state index contributed by atoms with van der Waals surface area (Å²) in [6.07, 6.45) is 0.590. The summed E-state index contributed by atoms with van der Waals surface area (Å²) in [5, 5.41) is 0. The fourth-order valence-electron chi connectivity index (χ4n) is 1.00. The van der Waals surface area contributed by atoms with Crippen LogP contribution in [0.4, 0.5) is 0 Å². The highest BCUT2D eigenvalue weighted by molar-refractivity contribution is 5.78. The Morgan fingerprint density at radius 2 is 2.00 bits per heavy atom. The first kappa shape index (κ1) is 11.9. The maximum Gasteiger partial charge on any atom is 0.323 e. The van der Waals surface area contributed by atoms with Crippen LogP contribution in [0.2, 0.25) is 0 Å². The van der Waals surface area contributed by atoms with Gasteiger partial charge in [-0.05, 0) is 20.5 Å². The molecule has 0 aromatic carbocycles. The second kappa shape index (κ2) is 5.53. The van der Waals surface area contributed by atoms with Gasteiger partial charge in [0.2, 0.25) is 5.91 Å². The molecule has 5 nitrogen and oxygen atoms in total. The van der Waals surface area contributed by atoms with Gasteiger partial charge < -0.3 is 10.5 Å². The van der Waals surface area contributed by atoms with E-state index in [1.807, 2.05) is 0 Å². The number of amides is 1. The van der Waals surface area contributed by atoms with Gasteiger partial charge in [-0.2, -0.15) is 0 Å². The zero-order chi connectivity index (χ0) is 10.4. The molecule has 0 aliphatic heterocycles. The Labute approximate surface area is 77.8 Å². The Hall–Kier alpha value is -1.10. The highest BCUT2D eigenvalue weighted by Gasteiger charge is 2.21. The Kier molecular flexibility index (Phi) is 5.06. The van der Waals surface area contributed by atoms with Crippen molar-refractivity contribution in [2.45, 2.75) is 18.9 Å². The van der Waals surface area contributed by atoms with Gasteiger partial charge in [0, 0.05) is 6.42 Å². The molecule has 2 N–H and O–H groups in total. The van der Waals surface area contributed by atoms with Crippen molar-refractivity contribution in [2.75, 3.05) is 21.2 Å². The number of primary amides is 1. The molecule has 0 bridgehead atoms. The number of likely N-dealkylation sites (N-methyl/N-ethyl adjacent to an activating group) is 1. The van der Waals surface area contributed by atoms with E-state index in [-0.39, 0.29) is 12.4 Å². The second-order valence-electron chi connectivity index (χ2n) is 3.01. The number of carbonyl (C=O) groups excluding carboxylic acids is 2. The van der Waals surface area contributed by atoms with Crippen LogP contribution in [-0.4, -0.2) is 44.0 Å². The minimum Gasteiger partial charge on any atom is -0.468 e. The third kappa shape index (κ3) is 4.47. The van der Waals surface area contributed by atoms with Gasteiger partial charge in [-0.25, -0.2) is 0 Å². The van der Waals surface area contributed by atoms with E-state index in [9.17, 15) is 9.59 Å². The van der Waals surface area contributed by atoms with Crippen molar-refractivity contribution in [1.29, 1.82) is 0 Å². The fraction of sp³-hybridized carbons (Fsp3) is 0.750. The SMILES string of the molecule is COC(=O)[C@H](CCC(N)=O)N(C)C. The number of esters is 1. The Morgan fingerprint density at radius 1 is 1.46 bits per heavy atom. The lowest BCUT2D eigenvalue weighted by atomic mass is 10.1. The Balaban J connectivity index is 4.10. The molecule has 0 saturated heterocycles.